The van der Waals surface area contributed by atoms with Crippen molar-refractivity contribution in [2.45, 2.75) is 6.43 Å². The minimum atomic E-state index is -2.62. The Kier molecular flexibility index (Phi) is 2.37. The van der Waals surface area contributed by atoms with Crippen molar-refractivity contribution in [3.63, 3.8) is 0 Å². The van der Waals surface area contributed by atoms with Gasteiger partial charge in [0.2, 0.25) is 0 Å². The van der Waals surface area contributed by atoms with Gasteiger partial charge in [-0.2, -0.15) is 5.32 Å². The van der Waals surface area contributed by atoms with E-state index in [-0.39, 0.29) is 0 Å². The van der Waals surface area contributed by atoms with Crippen molar-refractivity contribution < 1.29 is 18.4 Å². The van der Waals surface area contributed by atoms with E-state index in [1.54, 1.807) is 0 Å². The summed E-state index contributed by atoms with van der Waals surface area (Å²) in [6.07, 6.45) is -0.657. The lowest BCUT2D eigenvalue weighted by atomic mass is 10.4. The van der Waals surface area contributed by atoms with Gasteiger partial charge in [-0.15, -0.1) is 0 Å². The maximum atomic E-state index is 11.7. The molecule has 12 heavy (non-hydrogen) atoms. The zero-order valence-electron chi connectivity index (χ0n) is 5.91. The van der Waals surface area contributed by atoms with E-state index < -0.39 is 24.9 Å². The Hall–Kier alpha value is -1.46. The van der Waals surface area contributed by atoms with Crippen molar-refractivity contribution in [1.29, 1.82) is 0 Å². The minimum Gasteiger partial charge on any atom is -0.293 e. The van der Waals surface area contributed by atoms with Crippen LogP contribution in [0.3, 0.4) is 0 Å². The molecular weight excluding hydrogens is 170 g/mol. The summed E-state index contributed by atoms with van der Waals surface area (Å²) in [5.41, 5.74) is 0. The van der Waals surface area contributed by atoms with Crippen LogP contribution in [-0.2, 0) is 4.79 Å². The van der Waals surface area contributed by atoms with E-state index in [1.165, 1.54) is 0 Å². The number of rotatable bonds is 2. The first-order chi connectivity index (χ1) is 5.59. The van der Waals surface area contributed by atoms with Crippen molar-refractivity contribution in [2.24, 2.45) is 0 Å². The first-order valence-electron chi connectivity index (χ1n) is 3.12. The summed E-state index contributed by atoms with van der Waals surface area (Å²) in [5, 5.41) is 2.95. The van der Waals surface area contributed by atoms with E-state index in [0.29, 0.717) is 4.90 Å². The summed E-state index contributed by atoms with van der Waals surface area (Å²) in [6.45, 7) is -0.730. The molecule has 65 valence electrons. The molecule has 0 aromatic carbocycles. The van der Waals surface area contributed by atoms with Crippen LogP contribution in [0, 0.1) is 0 Å². The number of carbonyl (C=O) groups excluding carboxylic acids is 2. The molecule has 1 radical (unpaired) electrons. The standard InChI is InChI=1S/C6H5F2N2O2/c7-4(8)3-10-2-1-5(11)9-6(10)12/h1-2,4H,3H2. The summed E-state index contributed by atoms with van der Waals surface area (Å²) in [5.74, 6) is -0.717. The molecule has 1 rings (SSSR count). The van der Waals surface area contributed by atoms with Crippen LogP contribution < -0.4 is 5.32 Å². The van der Waals surface area contributed by atoms with Crippen LogP contribution in [0.2, 0.25) is 0 Å². The Bertz CT molecular complexity index is 240. The summed E-state index contributed by atoms with van der Waals surface area (Å²) >= 11 is 0. The number of imide groups is 1. The molecule has 0 aromatic heterocycles. The Balaban J connectivity index is 2.60. The summed E-state index contributed by atoms with van der Waals surface area (Å²) < 4.78 is 23.5. The average Bonchev–Trinajstić information content (AvgIpc) is 1.94. The second-order valence-electron chi connectivity index (χ2n) is 2.09. The average molecular weight is 175 g/mol. The molecule has 1 aliphatic heterocycles. The van der Waals surface area contributed by atoms with Gasteiger partial charge >= 0.3 is 6.03 Å². The predicted molar refractivity (Wildman–Crippen MR) is 34.4 cm³/mol. The van der Waals surface area contributed by atoms with E-state index in [2.05, 4.69) is 5.32 Å². The van der Waals surface area contributed by atoms with Gasteiger partial charge in [-0.25, -0.2) is 13.6 Å². The number of halogens is 2. The van der Waals surface area contributed by atoms with Gasteiger partial charge in [-0.1, -0.05) is 0 Å². The number of nitrogens with zero attached hydrogens (tertiary/aromatic N) is 2. The number of carbonyl (C=O) groups is 2. The van der Waals surface area contributed by atoms with Crippen molar-refractivity contribution in [3.8, 4) is 0 Å². The lowest BCUT2D eigenvalue weighted by Crippen LogP contribution is -2.40. The first kappa shape index (κ1) is 8.63. The second-order valence-corrected chi connectivity index (χ2v) is 2.09. The van der Waals surface area contributed by atoms with Crippen LogP contribution in [0.5, 0.6) is 0 Å². The number of amides is 3. The van der Waals surface area contributed by atoms with E-state index in [4.69, 9.17) is 0 Å². The van der Waals surface area contributed by atoms with E-state index in [9.17, 15) is 18.4 Å². The molecule has 1 heterocycles. The van der Waals surface area contributed by atoms with Crippen LogP contribution in [0.4, 0.5) is 13.6 Å². The van der Waals surface area contributed by atoms with Crippen molar-refractivity contribution >= 4 is 11.9 Å². The van der Waals surface area contributed by atoms with Gasteiger partial charge in [0, 0.05) is 12.3 Å². The van der Waals surface area contributed by atoms with E-state index >= 15 is 0 Å². The molecular formula is C6H5F2N2O2. The molecule has 0 aliphatic carbocycles. The van der Waals surface area contributed by atoms with Crippen molar-refractivity contribution in [3.05, 3.63) is 12.3 Å². The highest BCUT2D eigenvalue weighted by Crippen LogP contribution is 2.03. The van der Waals surface area contributed by atoms with Gasteiger partial charge in [-0.3, -0.25) is 9.69 Å². The molecule has 0 spiro atoms. The first-order valence-corrected chi connectivity index (χ1v) is 3.12. The molecule has 1 aliphatic rings. The number of hydrogen-bond donors (Lipinski definition) is 0. The molecule has 0 saturated heterocycles. The Labute approximate surface area is 66.8 Å². The lowest BCUT2D eigenvalue weighted by molar-refractivity contribution is -0.116. The topological polar surface area (TPSA) is 51.5 Å². The fourth-order valence-electron chi connectivity index (χ4n) is 0.701. The third kappa shape index (κ3) is 2.01. The zero-order valence-corrected chi connectivity index (χ0v) is 5.91. The highest BCUT2D eigenvalue weighted by molar-refractivity contribution is 6.02. The highest BCUT2D eigenvalue weighted by Gasteiger charge is 2.22. The number of urea groups is 1. The number of hydrogen-bond acceptors (Lipinski definition) is 2. The van der Waals surface area contributed by atoms with Crippen LogP contribution in [-0.4, -0.2) is 29.8 Å². The summed E-state index contributed by atoms with van der Waals surface area (Å²) in [4.78, 5) is 21.8. The molecule has 0 bridgehead atoms. The van der Waals surface area contributed by atoms with E-state index in [1.807, 2.05) is 0 Å². The minimum absolute atomic E-state index is 0.687. The third-order valence-corrected chi connectivity index (χ3v) is 1.18. The molecule has 0 atom stereocenters. The molecule has 0 aromatic rings. The van der Waals surface area contributed by atoms with Gasteiger partial charge in [0.05, 0.1) is 6.54 Å². The second kappa shape index (κ2) is 3.29. The van der Waals surface area contributed by atoms with Crippen LogP contribution >= 0.6 is 0 Å². The van der Waals surface area contributed by atoms with Gasteiger partial charge < -0.3 is 0 Å². The number of alkyl halides is 2. The van der Waals surface area contributed by atoms with Crippen molar-refractivity contribution in [2.75, 3.05) is 6.54 Å². The van der Waals surface area contributed by atoms with E-state index in [0.717, 1.165) is 12.3 Å². The van der Waals surface area contributed by atoms with Crippen LogP contribution in [0.1, 0.15) is 0 Å². The quantitative estimate of drug-likeness (QED) is 0.607. The highest BCUT2D eigenvalue weighted by atomic mass is 19.3. The van der Waals surface area contributed by atoms with Gasteiger partial charge in [0.15, 0.2) is 0 Å². The largest absolute Gasteiger partial charge is 0.351 e. The molecule has 3 amide bonds. The molecule has 0 saturated carbocycles. The fourth-order valence-corrected chi connectivity index (χ4v) is 0.701. The lowest BCUT2D eigenvalue weighted by Gasteiger charge is -2.18. The van der Waals surface area contributed by atoms with Gasteiger partial charge in [-0.05, 0) is 0 Å². The molecule has 0 unspecified atom stereocenters. The van der Waals surface area contributed by atoms with Crippen LogP contribution in [0.15, 0.2) is 12.3 Å². The van der Waals surface area contributed by atoms with Crippen molar-refractivity contribution in [1.82, 2.24) is 10.2 Å². The normalized spacial score (nSPS) is 17.1. The maximum Gasteiger partial charge on any atom is 0.351 e. The third-order valence-electron chi connectivity index (χ3n) is 1.18. The maximum absolute atomic E-state index is 11.7. The zero-order chi connectivity index (χ0) is 9.14. The van der Waals surface area contributed by atoms with Crippen LogP contribution in [0.25, 0.3) is 0 Å². The van der Waals surface area contributed by atoms with Gasteiger partial charge in [0.25, 0.3) is 12.3 Å². The molecule has 4 nitrogen and oxygen atoms in total. The summed E-state index contributed by atoms with van der Waals surface area (Å²) in [7, 11) is 0. The Morgan fingerprint density at radius 3 is 2.67 bits per heavy atom. The summed E-state index contributed by atoms with van der Waals surface area (Å²) in [6, 6.07) is -0.942. The monoisotopic (exact) mass is 175 g/mol. The molecule has 0 N–H and O–H groups in total. The molecule has 6 heteroatoms. The smallest absolute Gasteiger partial charge is 0.293 e. The SMILES string of the molecule is O=C1C=CN(CC(F)F)C(=O)[N]1. The Morgan fingerprint density at radius 2 is 2.17 bits per heavy atom. The fraction of sp³-hybridized carbons (Fsp3) is 0.333. The molecule has 0 fully saturated rings. The predicted octanol–water partition coefficient (Wildman–Crippen LogP) is 0.332. The van der Waals surface area contributed by atoms with Gasteiger partial charge in [0.1, 0.15) is 0 Å². The Morgan fingerprint density at radius 1 is 1.50 bits per heavy atom.